The zero-order valence-electron chi connectivity index (χ0n) is 17.3. The Hall–Kier alpha value is -4.06. The predicted octanol–water partition coefficient (Wildman–Crippen LogP) is 5.43. The van der Waals surface area contributed by atoms with Gasteiger partial charge in [-0.2, -0.15) is 0 Å². The van der Waals surface area contributed by atoms with Crippen LogP contribution < -0.4 is 19.6 Å². The molecule has 1 aromatic heterocycles. The third kappa shape index (κ3) is 4.14. The fraction of sp³-hybridized carbons (Fsp3) is 0.120. The number of carbonyl (C=O) groups is 1. The minimum atomic E-state index is -0.477. The molecule has 0 aliphatic carbocycles. The number of hydrogen-bond acceptors (Lipinski definition) is 6. The van der Waals surface area contributed by atoms with E-state index in [-0.39, 0.29) is 16.9 Å². The Bertz CT molecular complexity index is 1340. The summed E-state index contributed by atoms with van der Waals surface area (Å²) < 4.78 is 22.3. The quantitative estimate of drug-likeness (QED) is 0.319. The van der Waals surface area contributed by atoms with E-state index in [0.717, 1.165) is 5.56 Å². The molecule has 4 aromatic rings. The van der Waals surface area contributed by atoms with Crippen LogP contribution in [0.4, 0.5) is 0 Å². The number of hydrogen-bond donors (Lipinski definition) is 0. The molecule has 0 aliphatic heterocycles. The van der Waals surface area contributed by atoms with Crippen molar-refractivity contribution in [2.24, 2.45) is 0 Å². The van der Waals surface area contributed by atoms with Gasteiger partial charge in [-0.15, -0.1) is 0 Å². The number of esters is 1. The molecule has 3 aromatic carbocycles. The van der Waals surface area contributed by atoms with Crippen molar-refractivity contribution in [1.29, 1.82) is 0 Å². The summed E-state index contributed by atoms with van der Waals surface area (Å²) in [5.41, 5.74) is 1.27. The summed E-state index contributed by atoms with van der Waals surface area (Å²) in [6, 6.07) is 18.7. The zero-order chi connectivity index (χ0) is 22.0. The lowest BCUT2D eigenvalue weighted by Gasteiger charge is -2.11. The van der Waals surface area contributed by atoms with E-state index in [9.17, 15) is 9.59 Å². The number of ether oxygens (including phenoxy) is 3. The summed E-state index contributed by atoms with van der Waals surface area (Å²) in [6.45, 7) is 3.48. The van der Waals surface area contributed by atoms with Gasteiger partial charge < -0.3 is 18.6 Å². The first-order valence-electron chi connectivity index (χ1n) is 9.63. The normalized spacial score (nSPS) is 10.7. The molecule has 31 heavy (non-hydrogen) atoms. The van der Waals surface area contributed by atoms with Crippen LogP contribution in [0.3, 0.4) is 0 Å². The first-order chi connectivity index (χ1) is 15.0. The molecule has 0 bridgehead atoms. The molecule has 0 fully saturated rings. The molecule has 0 spiro atoms. The molecular formula is C25H20O6. The molecule has 1 heterocycles. The van der Waals surface area contributed by atoms with Gasteiger partial charge >= 0.3 is 5.97 Å². The maximum Gasteiger partial charge on any atom is 0.343 e. The first-order valence-corrected chi connectivity index (χ1v) is 9.63. The SMILES string of the molecule is COc1cccc(Oc2c(C)oc3cc(OC(=O)c4ccccc4C)ccc3c2=O)c1. The molecule has 6 nitrogen and oxygen atoms in total. The van der Waals surface area contributed by atoms with Gasteiger partial charge in [0.15, 0.2) is 0 Å². The van der Waals surface area contributed by atoms with E-state index in [1.54, 1.807) is 62.6 Å². The van der Waals surface area contributed by atoms with Gasteiger partial charge in [0.25, 0.3) is 0 Å². The fourth-order valence-corrected chi connectivity index (χ4v) is 3.20. The molecule has 0 N–H and O–H groups in total. The van der Waals surface area contributed by atoms with Crippen molar-refractivity contribution in [3.63, 3.8) is 0 Å². The van der Waals surface area contributed by atoms with Crippen LogP contribution in [0.25, 0.3) is 11.0 Å². The van der Waals surface area contributed by atoms with Gasteiger partial charge in [-0.25, -0.2) is 4.79 Å². The van der Waals surface area contributed by atoms with Gasteiger partial charge in [0.05, 0.1) is 18.1 Å². The van der Waals surface area contributed by atoms with E-state index in [0.29, 0.717) is 33.8 Å². The Morgan fingerprint density at radius 2 is 1.65 bits per heavy atom. The number of methoxy groups -OCH3 is 1. The van der Waals surface area contributed by atoms with Crippen LogP contribution in [0.1, 0.15) is 21.7 Å². The standard InChI is InChI=1S/C25H20O6/c1-15-7-4-5-10-20(15)25(27)31-19-11-12-21-22(14-19)29-16(2)24(23(21)26)30-18-9-6-8-17(13-18)28-3/h4-14H,1-3H3. The average Bonchev–Trinajstić information content (AvgIpc) is 2.77. The predicted molar refractivity (Wildman–Crippen MR) is 116 cm³/mol. The number of fused-ring (bicyclic) bond motifs is 1. The van der Waals surface area contributed by atoms with Crippen LogP contribution in [0, 0.1) is 13.8 Å². The highest BCUT2D eigenvalue weighted by Crippen LogP contribution is 2.29. The average molecular weight is 416 g/mol. The number of rotatable bonds is 5. The van der Waals surface area contributed by atoms with Crippen LogP contribution in [0.5, 0.6) is 23.0 Å². The number of aryl methyl sites for hydroxylation is 2. The van der Waals surface area contributed by atoms with Crippen LogP contribution in [-0.2, 0) is 0 Å². The van der Waals surface area contributed by atoms with Gasteiger partial charge in [0, 0.05) is 12.1 Å². The lowest BCUT2D eigenvalue weighted by atomic mass is 10.1. The van der Waals surface area contributed by atoms with Crippen molar-refractivity contribution in [3.8, 4) is 23.0 Å². The Labute approximate surface area is 178 Å². The molecule has 0 aliphatic rings. The second kappa shape index (κ2) is 8.36. The van der Waals surface area contributed by atoms with Crippen molar-refractivity contribution in [2.75, 3.05) is 7.11 Å². The molecular weight excluding hydrogens is 396 g/mol. The second-order valence-corrected chi connectivity index (χ2v) is 6.96. The smallest absolute Gasteiger partial charge is 0.343 e. The van der Waals surface area contributed by atoms with E-state index in [4.69, 9.17) is 18.6 Å². The molecule has 0 saturated carbocycles. The van der Waals surface area contributed by atoms with Gasteiger partial charge in [-0.1, -0.05) is 24.3 Å². The maximum absolute atomic E-state index is 13.0. The molecule has 0 unspecified atom stereocenters. The Morgan fingerprint density at radius 1 is 0.871 bits per heavy atom. The van der Waals surface area contributed by atoms with Crippen LogP contribution in [-0.4, -0.2) is 13.1 Å². The monoisotopic (exact) mass is 416 g/mol. The van der Waals surface area contributed by atoms with E-state index >= 15 is 0 Å². The van der Waals surface area contributed by atoms with Crippen molar-refractivity contribution in [2.45, 2.75) is 13.8 Å². The van der Waals surface area contributed by atoms with Crippen molar-refractivity contribution >= 4 is 16.9 Å². The molecule has 4 rings (SSSR count). The van der Waals surface area contributed by atoms with Crippen molar-refractivity contribution in [3.05, 3.63) is 93.8 Å². The molecule has 0 atom stereocenters. The summed E-state index contributed by atoms with van der Waals surface area (Å²) in [5, 5.41) is 0.319. The highest BCUT2D eigenvalue weighted by molar-refractivity contribution is 5.93. The molecule has 156 valence electrons. The van der Waals surface area contributed by atoms with Gasteiger partial charge in [0.2, 0.25) is 11.2 Å². The topological polar surface area (TPSA) is 75.0 Å². The van der Waals surface area contributed by atoms with Crippen molar-refractivity contribution in [1.82, 2.24) is 0 Å². The summed E-state index contributed by atoms with van der Waals surface area (Å²) in [5.74, 6) is 1.27. The highest BCUT2D eigenvalue weighted by atomic mass is 16.5. The first kappa shape index (κ1) is 20.2. The largest absolute Gasteiger partial charge is 0.497 e. The van der Waals surface area contributed by atoms with E-state index in [2.05, 4.69) is 0 Å². The lowest BCUT2D eigenvalue weighted by Crippen LogP contribution is -2.11. The summed E-state index contributed by atoms with van der Waals surface area (Å²) in [7, 11) is 1.55. The van der Waals surface area contributed by atoms with Gasteiger partial charge in [-0.3, -0.25) is 4.79 Å². The van der Waals surface area contributed by atoms with Gasteiger partial charge in [0.1, 0.15) is 28.6 Å². The Kier molecular flexibility index (Phi) is 5.45. The minimum absolute atomic E-state index is 0.0883. The molecule has 6 heteroatoms. The fourth-order valence-electron chi connectivity index (χ4n) is 3.20. The second-order valence-electron chi connectivity index (χ2n) is 6.96. The third-order valence-corrected chi connectivity index (χ3v) is 4.82. The van der Waals surface area contributed by atoms with E-state index in [1.165, 1.54) is 6.07 Å². The minimum Gasteiger partial charge on any atom is -0.497 e. The molecule has 0 radical (unpaired) electrons. The number of carbonyl (C=O) groups excluding carboxylic acids is 1. The Balaban J connectivity index is 1.65. The summed E-state index contributed by atoms with van der Waals surface area (Å²) in [6.07, 6.45) is 0. The highest BCUT2D eigenvalue weighted by Gasteiger charge is 2.16. The Morgan fingerprint density at radius 3 is 2.42 bits per heavy atom. The van der Waals surface area contributed by atoms with Crippen LogP contribution in [0.2, 0.25) is 0 Å². The zero-order valence-corrected chi connectivity index (χ0v) is 17.3. The lowest BCUT2D eigenvalue weighted by molar-refractivity contribution is 0.0734. The van der Waals surface area contributed by atoms with Gasteiger partial charge in [-0.05, 0) is 49.7 Å². The van der Waals surface area contributed by atoms with Crippen LogP contribution >= 0.6 is 0 Å². The number of benzene rings is 3. The molecule has 0 amide bonds. The van der Waals surface area contributed by atoms with Crippen molar-refractivity contribution < 1.29 is 23.4 Å². The summed E-state index contributed by atoms with van der Waals surface area (Å²) >= 11 is 0. The van der Waals surface area contributed by atoms with E-state index in [1.807, 2.05) is 19.1 Å². The molecule has 0 saturated heterocycles. The van der Waals surface area contributed by atoms with E-state index < -0.39 is 5.97 Å². The third-order valence-electron chi connectivity index (χ3n) is 4.82. The van der Waals surface area contributed by atoms with Crippen LogP contribution in [0.15, 0.2) is 75.9 Å². The summed E-state index contributed by atoms with van der Waals surface area (Å²) in [4.78, 5) is 25.5. The maximum atomic E-state index is 13.0.